The Hall–Kier alpha value is -4.83. The van der Waals surface area contributed by atoms with Crippen LogP contribution in [0.25, 0.3) is 16.6 Å². The maximum absolute atomic E-state index is 13.0. The van der Waals surface area contributed by atoms with Gasteiger partial charge in [0, 0.05) is 5.69 Å². The average molecular weight is 498 g/mol. The van der Waals surface area contributed by atoms with Crippen molar-refractivity contribution in [3.05, 3.63) is 98.7 Å². The Kier molecular flexibility index (Phi) is 6.24. The summed E-state index contributed by atoms with van der Waals surface area (Å²) in [6, 6.07) is 17.7. The summed E-state index contributed by atoms with van der Waals surface area (Å²) in [6.45, 7) is -0.343. The molecule has 1 aliphatic heterocycles. The van der Waals surface area contributed by atoms with E-state index in [0.717, 1.165) is 10.1 Å². The van der Waals surface area contributed by atoms with Gasteiger partial charge >= 0.3 is 5.69 Å². The predicted molar refractivity (Wildman–Crippen MR) is 140 cm³/mol. The molecule has 2 atom stereocenters. The maximum Gasteiger partial charge on any atom is 0.333 e. The number of aliphatic imine (C=N–C) groups is 1. The van der Waals surface area contributed by atoms with Crippen LogP contribution < -0.4 is 22.3 Å². The van der Waals surface area contributed by atoms with Crippen molar-refractivity contribution >= 4 is 40.2 Å². The van der Waals surface area contributed by atoms with Crippen molar-refractivity contribution in [2.45, 2.75) is 18.4 Å². The lowest BCUT2D eigenvalue weighted by Crippen LogP contribution is -2.43. The van der Waals surface area contributed by atoms with E-state index in [1.807, 2.05) is 0 Å². The van der Waals surface area contributed by atoms with Crippen LogP contribution in [-0.4, -0.2) is 45.2 Å². The molecule has 0 radical (unpaired) electrons. The second-order valence-corrected chi connectivity index (χ2v) is 8.77. The van der Waals surface area contributed by atoms with Crippen molar-refractivity contribution in [2.24, 2.45) is 4.99 Å². The zero-order chi connectivity index (χ0) is 26.1. The van der Waals surface area contributed by atoms with Crippen LogP contribution in [0.4, 0.5) is 11.4 Å². The van der Waals surface area contributed by atoms with E-state index in [1.54, 1.807) is 60.7 Å². The Balaban J connectivity index is 1.34. The number of nitrogens with one attached hydrogen (secondary N) is 2. The number of anilines is 1. The number of fused-ring (bicyclic) bond motifs is 2. The summed E-state index contributed by atoms with van der Waals surface area (Å²) < 4.78 is 1.02. The lowest BCUT2D eigenvalue weighted by molar-refractivity contribution is -0.116. The number of rotatable bonds is 7. The Bertz CT molecular complexity index is 1670. The number of H-pyrrole nitrogens is 1. The van der Waals surface area contributed by atoms with Crippen LogP contribution in [0.1, 0.15) is 17.0 Å². The maximum atomic E-state index is 13.0. The molecule has 186 valence electrons. The third-order valence-corrected chi connectivity index (χ3v) is 6.33. The number of para-hydroxylation sites is 1. The Morgan fingerprint density at radius 1 is 1.14 bits per heavy atom. The van der Waals surface area contributed by atoms with Crippen molar-refractivity contribution in [1.29, 1.82) is 0 Å². The summed E-state index contributed by atoms with van der Waals surface area (Å²) >= 11 is 0. The first-order valence-electron chi connectivity index (χ1n) is 11.6. The minimum absolute atomic E-state index is 0.0838. The molecule has 37 heavy (non-hydrogen) atoms. The first-order chi connectivity index (χ1) is 17.9. The molecule has 10 heteroatoms. The highest BCUT2D eigenvalue weighted by Crippen LogP contribution is 2.34. The fourth-order valence-electron chi connectivity index (χ4n) is 4.48. The number of aromatic amines is 1. The Morgan fingerprint density at radius 2 is 1.89 bits per heavy atom. The van der Waals surface area contributed by atoms with E-state index in [2.05, 4.69) is 15.3 Å². The van der Waals surface area contributed by atoms with Crippen molar-refractivity contribution in [1.82, 2.24) is 14.9 Å². The minimum atomic E-state index is -0.761. The average Bonchev–Trinajstić information content (AvgIpc) is 3.28. The topological polar surface area (TPSA) is 160 Å². The van der Waals surface area contributed by atoms with Gasteiger partial charge < -0.3 is 25.9 Å². The molecular formula is C27H23N5O5. The molecule has 1 amide bonds. The Labute approximate surface area is 210 Å². The van der Waals surface area contributed by atoms with Crippen molar-refractivity contribution in [3.8, 4) is 5.69 Å². The molecule has 3 aromatic carbocycles. The van der Waals surface area contributed by atoms with Gasteiger partial charge in [0.2, 0.25) is 0 Å². The van der Waals surface area contributed by atoms with Gasteiger partial charge in [0.25, 0.3) is 11.5 Å². The van der Waals surface area contributed by atoms with E-state index in [9.17, 15) is 24.3 Å². The molecule has 0 saturated heterocycles. The standard InChI is InChI=1S/C27H23N5O5/c28-16-7-10-23-20(12-16)26(36)32(27(37)31-23)18-8-5-15(6-9-18)11-17(13-33)29-25(35)24-21(14-34)19-3-1-2-4-22(19)30-24/h1-10,12,14,17,21,33H,11,13,28H2,(H,29,35)(H,31,37). The van der Waals surface area contributed by atoms with E-state index < -0.39 is 29.1 Å². The first kappa shape index (κ1) is 23.9. The number of hydrogen-bond donors (Lipinski definition) is 4. The van der Waals surface area contributed by atoms with Crippen LogP contribution in [0, 0.1) is 0 Å². The number of benzene rings is 3. The summed E-state index contributed by atoms with van der Waals surface area (Å²) in [5.41, 5.74) is 7.94. The quantitative estimate of drug-likeness (QED) is 0.223. The number of carbonyl (C=O) groups excluding carboxylic acids is 2. The number of hydrogen-bond acceptors (Lipinski definition) is 7. The van der Waals surface area contributed by atoms with Gasteiger partial charge in [-0.1, -0.05) is 30.3 Å². The molecule has 0 fully saturated rings. The predicted octanol–water partition coefficient (Wildman–Crippen LogP) is 1.35. The lowest BCUT2D eigenvalue weighted by Gasteiger charge is -2.18. The zero-order valence-electron chi connectivity index (χ0n) is 19.5. The van der Waals surface area contributed by atoms with Crippen molar-refractivity contribution in [3.63, 3.8) is 0 Å². The third kappa shape index (κ3) is 4.45. The normalized spacial score (nSPS) is 15.2. The van der Waals surface area contributed by atoms with Gasteiger partial charge in [0.1, 0.15) is 12.0 Å². The second kappa shape index (κ2) is 9.67. The number of nitrogens with two attached hydrogens (primary N) is 1. The van der Waals surface area contributed by atoms with E-state index in [-0.39, 0.29) is 24.1 Å². The number of aliphatic hydroxyl groups is 1. The van der Waals surface area contributed by atoms with Crippen molar-refractivity contribution in [2.75, 3.05) is 12.3 Å². The van der Waals surface area contributed by atoms with E-state index in [4.69, 9.17) is 5.73 Å². The van der Waals surface area contributed by atoms with Gasteiger partial charge in [0.05, 0.1) is 40.8 Å². The van der Waals surface area contributed by atoms with Crippen LogP contribution in [0.3, 0.4) is 0 Å². The van der Waals surface area contributed by atoms with Gasteiger partial charge in [-0.15, -0.1) is 0 Å². The fraction of sp³-hybridized carbons (Fsp3) is 0.148. The summed E-state index contributed by atoms with van der Waals surface area (Å²) in [7, 11) is 0. The van der Waals surface area contributed by atoms with Crippen LogP contribution in [0.2, 0.25) is 0 Å². The molecule has 0 saturated carbocycles. The number of aliphatic hydroxyl groups excluding tert-OH is 1. The SMILES string of the molecule is Nc1ccc2[nH]c(=O)n(-c3ccc(CC(CO)NC(=O)C4=Nc5ccccc5C4C=O)cc3)c(=O)c2c1. The molecule has 2 unspecified atom stereocenters. The molecule has 1 aromatic heterocycles. The van der Waals surface area contributed by atoms with E-state index in [0.29, 0.717) is 34.4 Å². The highest BCUT2D eigenvalue weighted by atomic mass is 16.3. The van der Waals surface area contributed by atoms with Crippen LogP contribution in [0.5, 0.6) is 0 Å². The molecular weight excluding hydrogens is 474 g/mol. The van der Waals surface area contributed by atoms with Crippen LogP contribution in [0.15, 0.2) is 81.3 Å². The first-order valence-corrected chi connectivity index (χ1v) is 11.6. The van der Waals surface area contributed by atoms with E-state index in [1.165, 1.54) is 6.07 Å². The molecule has 0 spiro atoms. The van der Waals surface area contributed by atoms with Gasteiger partial charge in [-0.25, -0.2) is 14.4 Å². The zero-order valence-corrected chi connectivity index (χ0v) is 19.5. The fourth-order valence-corrected chi connectivity index (χ4v) is 4.48. The van der Waals surface area contributed by atoms with Gasteiger partial charge in [-0.2, -0.15) is 0 Å². The smallest absolute Gasteiger partial charge is 0.333 e. The third-order valence-electron chi connectivity index (χ3n) is 6.33. The highest BCUT2D eigenvalue weighted by molar-refractivity contribution is 6.45. The summed E-state index contributed by atoms with van der Waals surface area (Å²) in [5.74, 6) is -1.29. The minimum Gasteiger partial charge on any atom is -0.399 e. The van der Waals surface area contributed by atoms with Crippen LogP contribution >= 0.6 is 0 Å². The lowest BCUT2D eigenvalue weighted by atomic mass is 9.96. The van der Waals surface area contributed by atoms with Gasteiger partial charge in [-0.3, -0.25) is 9.59 Å². The molecule has 10 nitrogen and oxygen atoms in total. The number of aromatic nitrogens is 2. The van der Waals surface area contributed by atoms with Gasteiger partial charge in [-0.05, 0) is 53.9 Å². The highest BCUT2D eigenvalue weighted by Gasteiger charge is 2.32. The monoisotopic (exact) mass is 497 g/mol. The molecule has 1 aliphatic rings. The number of amides is 1. The molecule has 4 aromatic rings. The number of carbonyl (C=O) groups is 2. The summed E-state index contributed by atoms with van der Waals surface area (Å²) in [5, 5.41) is 12.9. The summed E-state index contributed by atoms with van der Waals surface area (Å²) in [4.78, 5) is 57.1. The number of nitrogens with zero attached hydrogens (tertiary/aromatic N) is 2. The molecule has 0 aliphatic carbocycles. The largest absolute Gasteiger partial charge is 0.399 e. The molecule has 5 rings (SSSR count). The molecule has 5 N–H and O–H groups in total. The molecule has 0 bridgehead atoms. The summed E-state index contributed by atoms with van der Waals surface area (Å²) in [6.07, 6.45) is 0.954. The van der Waals surface area contributed by atoms with Crippen LogP contribution in [-0.2, 0) is 16.0 Å². The second-order valence-electron chi connectivity index (χ2n) is 8.77. The van der Waals surface area contributed by atoms with Crippen molar-refractivity contribution < 1.29 is 14.7 Å². The molecule has 2 heterocycles. The van der Waals surface area contributed by atoms with E-state index >= 15 is 0 Å². The van der Waals surface area contributed by atoms with Gasteiger partial charge in [0.15, 0.2) is 0 Å². The number of nitrogen functional groups attached to an aromatic ring is 1. The number of aldehydes is 1. The Morgan fingerprint density at radius 3 is 2.62 bits per heavy atom.